The first kappa shape index (κ1) is 13.7. The Balaban J connectivity index is 2.44. The summed E-state index contributed by atoms with van der Waals surface area (Å²) < 4.78 is 15.5. The van der Waals surface area contributed by atoms with Crippen LogP contribution in [-0.2, 0) is 7.05 Å². The molecule has 0 saturated carbocycles. The van der Waals surface area contributed by atoms with Crippen LogP contribution in [0.25, 0.3) is 0 Å². The van der Waals surface area contributed by atoms with Crippen molar-refractivity contribution in [2.24, 2.45) is 7.05 Å². The van der Waals surface area contributed by atoms with E-state index >= 15 is 0 Å². The van der Waals surface area contributed by atoms with Gasteiger partial charge in [-0.3, -0.25) is 4.68 Å². The number of aromatic nitrogens is 2. The normalized spacial score (nSPS) is 12.7. The van der Waals surface area contributed by atoms with E-state index in [1.165, 1.54) is 0 Å². The Hall–Kier alpha value is -1.68. The fourth-order valence-electron chi connectivity index (χ4n) is 2.30. The van der Waals surface area contributed by atoms with Crippen LogP contribution in [0.4, 0.5) is 4.39 Å². The van der Waals surface area contributed by atoms with E-state index in [0.717, 1.165) is 23.4 Å². The molecule has 1 heterocycles. The van der Waals surface area contributed by atoms with Crippen LogP contribution >= 0.6 is 0 Å². The molecule has 0 bridgehead atoms. The van der Waals surface area contributed by atoms with Crippen molar-refractivity contribution in [3.05, 3.63) is 52.6 Å². The van der Waals surface area contributed by atoms with Crippen molar-refractivity contribution in [2.75, 3.05) is 6.54 Å². The van der Waals surface area contributed by atoms with Gasteiger partial charge in [0.1, 0.15) is 5.82 Å². The van der Waals surface area contributed by atoms with E-state index in [-0.39, 0.29) is 11.9 Å². The number of rotatable bonds is 4. The van der Waals surface area contributed by atoms with E-state index in [9.17, 15) is 4.39 Å². The third-order valence-corrected chi connectivity index (χ3v) is 3.30. The van der Waals surface area contributed by atoms with E-state index in [0.29, 0.717) is 5.56 Å². The molecule has 0 aliphatic carbocycles. The van der Waals surface area contributed by atoms with Gasteiger partial charge in [0.15, 0.2) is 0 Å². The van der Waals surface area contributed by atoms with Crippen LogP contribution in [0.3, 0.4) is 0 Å². The minimum Gasteiger partial charge on any atom is -0.306 e. The van der Waals surface area contributed by atoms with E-state index in [1.807, 2.05) is 39.2 Å². The predicted molar refractivity (Wildman–Crippen MR) is 74.6 cm³/mol. The van der Waals surface area contributed by atoms with Gasteiger partial charge in [0, 0.05) is 18.8 Å². The number of benzene rings is 1. The SMILES string of the molecule is CCNC(c1ccc(C)c(F)c1)c1cn(C)nc1C. The largest absolute Gasteiger partial charge is 0.306 e. The van der Waals surface area contributed by atoms with Gasteiger partial charge >= 0.3 is 0 Å². The zero-order chi connectivity index (χ0) is 14.0. The lowest BCUT2D eigenvalue weighted by Crippen LogP contribution is -2.22. The van der Waals surface area contributed by atoms with Crippen molar-refractivity contribution in [3.63, 3.8) is 0 Å². The van der Waals surface area contributed by atoms with E-state index < -0.39 is 0 Å². The van der Waals surface area contributed by atoms with Crippen LogP contribution in [0.15, 0.2) is 24.4 Å². The Morgan fingerprint density at radius 2 is 2.11 bits per heavy atom. The van der Waals surface area contributed by atoms with Crippen LogP contribution in [0.2, 0.25) is 0 Å². The zero-order valence-electron chi connectivity index (χ0n) is 11.9. The summed E-state index contributed by atoms with van der Waals surface area (Å²) in [6.45, 7) is 6.61. The van der Waals surface area contributed by atoms with Crippen LogP contribution in [0.1, 0.15) is 35.3 Å². The van der Waals surface area contributed by atoms with Crippen molar-refractivity contribution >= 4 is 0 Å². The van der Waals surface area contributed by atoms with Crippen LogP contribution in [0.5, 0.6) is 0 Å². The predicted octanol–water partition coefficient (Wildman–Crippen LogP) is 2.87. The molecule has 0 amide bonds. The van der Waals surface area contributed by atoms with Gasteiger partial charge in [0.05, 0.1) is 11.7 Å². The highest BCUT2D eigenvalue weighted by molar-refractivity contribution is 5.34. The van der Waals surface area contributed by atoms with Crippen LogP contribution in [-0.4, -0.2) is 16.3 Å². The molecule has 19 heavy (non-hydrogen) atoms. The lowest BCUT2D eigenvalue weighted by Gasteiger charge is -2.18. The average Bonchev–Trinajstić information content (AvgIpc) is 2.69. The number of hydrogen-bond acceptors (Lipinski definition) is 2. The van der Waals surface area contributed by atoms with Gasteiger partial charge in [-0.1, -0.05) is 19.1 Å². The second-order valence-corrected chi connectivity index (χ2v) is 4.84. The van der Waals surface area contributed by atoms with Crippen molar-refractivity contribution < 1.29 is 4.39 Å². The Bertz CT molecular complexity index is 575. The highest BCUT2D eigenvalue weighted by atomic mass is 19.1. The molecule has 1 N–H and O–H groups in total. The first-order valence-electron chi connectivity index (χ1n) is 6.52. The number of nitrogens with zero attached hydrogens (tertiary/aromatic N) is 2. The highest BCUT2D eigenvalue weighted by Gasteiger charge is 2.18. The Morgan fingerprint density at radius 1 is 1.37 bits per heavy atom. The van der Waals surface area contributed by atoms with Crippen molar-refractivity contribution in [1.82, 2.24) is 15.1 Å². The molecule has 3 nitrogen and oxygen atoms in total. The molecular weight excluding hydrogens is 241 g/mol. The molecule has 2 rings (SSSR count). The lowest BCUT2D eigenvalue weighted by molar-refractivity contribution is 0.596. The lowest BCUT2D eigenvalue weighted by atomic mass is 9.98. The van der Waals surface area contributed by atoms with Crippen molar-refractivity contribution in [3.8, 4) is 0 Å². The maximum atomic E-state index is 13.8. The average molecular weight is 261 g/mol. The highest BCUT2D eigenvalue weighted by Crippen LogP contribution is 2.25. The zero-order valence-corrected chi connectivity index (χ0v) is 11.9. The topological polar surface area (TPSA) is 29.9 Å². The molecular formula is C15H20FN3. The van der Waals surface area contributed by atoms with E-state index in [1.54, 1.807) is 17.7 Å². The molecule has 1 atom stereocenters. The number of hydrogen-bond donors (Lipinski definition) is 1. The Labute approximate surface area is 113 Å². The smallest absolute Gasteiger partial charge is 0.126 e. The standard InChI is InChI=1S/C15H20FN3/c1-5-17-15(13-9-19(4)18-11(13)3)12-7-6-10(2)14(16)8-12/h6-9,15,17H,5H2,1-4H3. The fourth-order valence-corrected chi connectivity index (χ4v) is 2.30. The summed E-state index contributed by atoms with van der Waals surface area (Å²) in [5.74, 6) is -0.165. The molecule has 0 aliphatic heterocycles. The molecule has 4 heteroatoms. The summed E-state index contributed by atoms with van der Waals surface area (Å²) in [7, 11) is 1.90. The van der Waals surface area contributed by atoms with Crippen molar-refractivity contribution in [1.29, 1.82) is 0 Å². The Kier molecular flexibility index (Phi) is 4.00. The third-order valence-electron chi connectivity index (χ3n) is 3.30. The van der Waals surface area contributed by atoms with Gasteiger partial charge < -0.3 is 5.32 Å². The van der Waals surface area contributed by atoms with Crippen LogP contribution in [0, 0.1) is 19.7 Å². The molecule has 0 radical (unpaired) electrons. The van der Waals surface area contributed by atoms with E-state index in [4.69, 9.17) is 0 Å². The minimum absolute atomic E-state index is 0.0196. The number of aryl methyl sites for hydroxylation is 3. The van der Waals surface area contributed by atoms with E-state index in [2.05, 4.69) is 10.4 Å². The van der Waals surface area contributed by atoms with Gasteiger partial charge in [-0.2, -0.15) is 5.10 Å². The molecule has 2 aromatic rings. The second-order valence-electron chi connectivity index (χ2n) is 4.84. The van der Waals surface area contributed by atoms with Crippen molar-refractivity contribution in [2.45, 2.75) is 26.8 Å². The summed E-state index contributed by atoms with van der Waals surface area (Å²) in [5.41, 5.74) is 3.66. The van der Waals surface area contributed by atoms with Crippen LogP contribution < -0.4 is 5.32 Å². The first-order valence-corrected chi connectivity index (χ1v) is 6.52. The maximum Gasteiger partial charge on any atom is 0.126 e. The molecule has 0 fully saturated rings. The summed E-state index contributed by atoms with van der Waals surface area (Å²) in [4.78, 5) is 0. The van der Waals surface area contributed by atoms with Gasteiger partial charge in [0.2, 0.25) is 0 Å². The molecule has 102 valence electrons. The fraction of sp³-hybridized carbons (Fsp3) is 0.400. The maximum absolute atomic E-state index is 13.8. The summed E-state index contributed by atoms with van der Waals surface area (Å²) in [6.07, 6.45) is 1.99. The van der Waals surface area contributed by atoms with Gasteiger partial charge in [-0.25, -0.2) is 4.39 Å². The summed E-state index contributed by atoms with van der Waals surface area (Å²) in [5, 5.41) is 7.76. The van der Waals surface area contributed by atoms with Gasteiger partial charge in [0.25, 0.3) is 0 Å². The molecule has 0 aliphatic rings. The molecule has 1 aromatic heterocycles. The number of halogens is 1. The summed E-state index contributed by atoms with van der Waals surface area (Å²) in [6, 6.07) is 5.38. The molecule has 1 aromatic carbocycles. The van der Waals surface area contributed by atoms with Gasteiger partial charge in [-0.15, -0.1) is 0 Å². The monoisotopic (exact) mass is 261 g/mol. The first-order chi connectivity index (χ1) is 9.02. The Morgan fingerprint density at radius 3 is 2.63 bits per heavy atom. The molecule has 0 spiro atoms. The third kappa shape index (κ3) is 2.84. The minimum atomic E-state index is -0.165. The summed E-state index contributed by atoms with van der Waals surface area (Å²) >= 11 is 0. The number of nitrogens with one attached hydrogen (secondary N) is 1. The molecule has 0 saturated heterocycles. The second kappa shape index (κ2) is 5.53. The molecule has 1 unspecified atom stereocenters. The van der Waals surface area contributed by atoms with Gasteiger partial charge in [-0.05, 0) is 37.6 Å². The quantitative estimate of drug-likeness (QED) is 0.917.